The third-order valence-corrected chi connectivity index (χ3v) is 1.49. The average Bonchev–Trinajstić information content (AvgIpc) is 1.98. The highest BCUT2D eigenvalue weighted by atomic mass is 32.1. The number of hydrogen-bond acceptors (Lipinski definition) is 2. The maximum absolute atomic E-state index is 5.09. The molecule has 10 heavy (non-hydrogen) atoms. The van der Waals surface area contributed by atoms with Crippen LogP contribution < -0.4 is 0 Å². The van der Waals surface area contributed by atoms with E-state index in [4.69, 9.17) is 22.1 Å². The van der Waals surface area contributed by atoms with Crippen molar-refractivity contribution >= 4 is 12.6 Å². The van der Waals surface area contributed by atoms with E-state index in [2.05, 4.69) is 6.92 Å². The van der Waals surface area contributed by atoms with E-state index in [0.29, 0.717) is 6.79 Å². The first-order chi connectivity index (χ1) is 4.81. The van der Waals surface area contributed by atoms with Gasteiger partial charge in [0.05, 0.1) is 0 Å². The van der Waals surface area contributed by atoms with Gasteiger partial charge in [0.1, 0.15) is 12.2 Å². The van der Waals surface area contributed by atoms with Crippen molar-refractivity contribution < 1.29 is 9.47 Å². The van der Waals surface area contributed by atoms with Gasteiger partial charge in [-0.05, 0) is 12.8 Å². The molecule has 0 aromatic carbocycles. The average molecular weight is 163 g/mol. The van der Waals surface area contributed by atoms with Gasteiger partial charge in [0.2, 0.25) is 0 Å². The van der Waals surface area contributed by atoms with Gasteiger partial charge in [-0.3, -0.25) is 0 Å². The minimum Gasteiger partial charge on any atom is -0.355 e. The largest absolute Gasteiger partial charge is 0.355 e. The van der Waals surface area contributed by atoms with Crippen molar-refractivity contribution in [3.05, 3.63) is 0 Å². The molecule has 1 unspecified atom stereocenters. The second-order valence-corrected chi connectivity index (χ2v) is 2.56. The van der Waals surface area contributed by atoms with Gasteiger partial charge in [0, 0.05) is 6.61 Å². The Bertz CT molecular complexity index is 68.6. The lowest BCUT2D eigenvalue weighted by Crippen LogP contribution is -2.07. The summed E-state index contributed by atoms with van der Waals surface area (Å²) in [7, 11) is 0. The summed E-state index contributed by atoms with van der Waals surface area (Å²) in [6.07, 6.45) is 1.89. The van der Waals surface area contributed by atoms with Gasteiger partial charge < -0.3 is 9.47 Å². The van der Waals surface area contributed by atoms with Crippen molar-refractivity contribution in [2.75, 3.05) is 13.4 Å². The molecular formula is C7H15O2S. The summed E-state index contributed by atoms with van der Waals surface area (Å²) in [5, 5.41) is 0. The summed E-state index contributed by atoms with van der Waals surface area (Å²) < 4.78 is 10.2. The molecule has 0 aliphatic heterocycles. The van der Waals surface area contributed by atoms with Crippen LogP contribution in [0, 0.1) is 0 Å². The van der Waals surface area contributed by atoms with E-state index in [1.165, 1.54) is 0 Å². The zero-order valence-corrected chi connectivity index (χ0v) is 7.45. The summed E-state index contributed by atoms with van der Waals surface area (Å²) in [6.45, 7) is 5.16. The highest BCUT2D eigenvalue weighted by Crippen LogP contribution is 2.01. The zero-order valence-electron chi connectivity index (χ0n) is 6.63. The maximum atomic E-state index is 5.09. The molecule has 0 bridgehead atoms. The van der Waals surface area contributed by atoms with E-state index in [1.54, 1.807) is 0 Å². The molecule has 0 saturated carbocycles. The maximum Gasteiger partial charge on any atom is 0.148 e. The predicted molar refractivity (Wildman–Crippen MR) is 43.9 cm³/mol. The van der Waals surface area contributed by atoms with Crippen LogP contribution >= 0.6 is 12.6 Å². The Labute approximate surface area is 68.3 Å². The van der Waals surface area contributed by atoms with Crippen LogP contribution in [0.1, 0.15) is 26.7 Å². The fourth-order valence-corrected chi connectivity index (χ4v) is 0.501. The molecule has 1 atom stereocenters. The summed E-state index contributed by atoms with van der Waals surface area (Å²) in [6, 6.07) is 0. The standard InChI is InChI=1S/C7H15O2S/c1-3-5-8-6-9-7(10)4-2/h7H,3-6H2,1-2H3. The zero-order chi connectivity index (χ0) is 7.82. The van der Waals surface area contributed by atoms with E-state index >= 15 is 0 Å². The Morgan fingerprint density at radius 3 is 2.60 bits per heavy atom. The third kappa shape index (κ3) is 6.39. The summed E-state index contributed by atoms with van der Waals surface area (Å²) in [5.74, 6) is 0. The highest BCUT2D eigenvalue weighted by molar-refractivity contribution is 7.80. The summed E-state index contributed by atoms with van der Waals surface area (Å²) >= 11 is 4.89. The molecule has 0 amide bonds. The first-order valence-electron chi connectivity index (χ1n) is 3.66. The smallest absolute Gasteiger partial charge is 0.148 e. The number of ether oxygens (including phenoxy) is 2. The normalized spacial score (nSPS) is 13.5. The molecule has 2 nitrogen and oxygen atoms in total. The van der Waals surface area contributed by atoms with Crippen LogP contribution in [0.5, 0.6) is 0 Å². The van der Waals surface area contributed by atoms with Gasteiger partial charge in [-0.2, -0.15) is 0 Å². The van der Waals surface area contributed by atoms with E-state index in [1.807, 2.05) is 6.92 Å². The molecule has 3 heteroatoms. The van der Waals surface area contributed by atoms with E-state index in [0.717, 1.165) is 19.4 Å². The molecule has 61 valence electrons. The van der Waals surface area contributed by atoms with Gasteiger partial charge in [-0.1, -0.05) is 26.5 Å². The third-order valence-electron chi connectivity index (χ3n) is 1.02. The molecule has 0 aliphatic carbocycles. The Balaban J connectivity index is 2.89. The molecule has 0 fully saturated rings. The first-order valence-corrected chi connectivity index (χ1v) is 4.13. The Morgan fingerprint density at radius 1 is 1.40 bits per heavy atom. The van der Waals surface area contributed by atoms with Crippen LogP contribution in [0.4, 0.5) is 0 Å². The topological polar surface area (TPSA) is 18.5 Å². The lowest BCUT2D eigenvalue weighted by atomic mass is 10.5. The highest BCUT2D eigenvalue weighted by Gasteiger charge is 1.97. The van der Waals surface area contributed by atoms with Gasteiger partial charge in [-0.25, -0.2) is 0 Å². The summed E-state index contributed by atoms with van der Waals surface area (Å²) in [4.78, 5) is 0. The predicted octanol–water partition coefficient (Wildman–Crippen LogP) is 2.32. The summed E-state index contributed by atoms with van der Waals surface area (Å²) in [5.41, 5.74) is -0.0862. The van der Waals surface area contributed by atoms with Crippen molar-refractivity contribution in [3.8, 4) is 0 Å². The minimum absolute atomic E-state index is 0.0862. The molecule has 0 spiro atoms. The van der Waals surface area contributed by atoms with E-state index in [9.17, 15) is 0 Å². The number of rotatable bonds is 6. The molecule has 0 aromatic heterocycles. The van der Waals surface area contributed by atoms with Crippen molar-refractivity contribution in [3.63, 3.8) is 0 Å². The Kier molecular flexibility index (Phi) is 7.58. The second-order valence-electron chi connectivity index (χ2n) is 2.03. The van der Waals surface area contributed by atoms with Crippen LogP contribution in [0.3, 0.4) is 0 Å². The SMILES string of the molecule is CCCOCOC([S])CC. The molecule has 0 heterocycles. The van der Waals surface area contributed by atoms with Gasteiger partial charge in [0.15, 0.2) is 0 Å². The second kappa shape index (κ2) is 7.38. The molecule has 0 saturated heterocycles. The van der Waals surface area contributed by atoms with E-state index < -0.39 is 0 Å². The molecule has 0 N–H and O–H groups in total. The minimum atomic E-state index is -0.0862. The van der Waals surface area contributed by atoms with Gasteiger partial charge in [0.25, 0.3) is 0 Å². The fraction of sp³-hybridized carbons (Fsp3) is 1.00. The van der Waals surface area contributed by atoms with E-state index in [-0.39, 0.29) is 5.44 Å². The van der Waals surface area contributed by atoms with Crippen LogP contribution in [-0.4, -0.2) is 18.8 Å². The van der Waals surface area contributed by atoms with Crippen LogP contribution in [0.15, 0.2) is 0 Å². The van der Waals surface area contributed by atoms with Crippen molar-refractivity contribution in [1.29, 1.82) is 0 Å². The molecule has 0 aliphatic rings. The van der Waals surface area contributed by atoms with Crippen molar-refractivity contribution in [2.45, 2.75) is 32.1 Å². The van der Waals surface area contributed by atoms with Crippen molar-refractivity contribution in [2.24, 2.45) is 0 Å². The van der Waals surface area contributed by atoms with Crippen LogP contribution in [0.2, 0.25) is 0 Å². The van der Waals surface area contributed by atoms with Gasteiger partial charge >= 0.3 is 0 Å². The molecule has 0 aromatic rings. The number of hydrogen-bond donors (Lipinski definition) is 0. The lowest BCUT2D eigenvalue weighted by molar-refractivity contribution is -0.0632. The fourth-order valence-electron chi connectivity index (χ4n) is 0.445. The van der Waals surface area contributed by atoms with Crippen LogP contribution in [-0.2, 0) is 9.47 Å². The van der Waals surface area contributed by atoms with Gasteiger partial charge in [-0.15, -0.1) is 0 Å². The Hall–Kier alpha value is 0.270. The monoisotopic (exact) mass is 163 g/mol. The molecule has 0 rings (SSSR count). The molecular weight excluding hydrogens is 148 g/mol. The van der Waals surface area contributed by atoms with Crippen LogP contribution in [0.25, 0.3) is 0 Å². The Morgan fingerprint density at radius 2 is 2.10 bits per heavy atom. The quantitative estimate of drug-likeness (QED) is 0.442. The lowest BCUT2D eigenvalue weighted by Gasteiger charge is -2.08. The molecule has 1 radical (unpaired) electrons. The van der Waals surface area contributed by atoms with Crippen molar-refractivity contribution in [1.82, 2.24) is 0 Å². The first kappa shape index (κ1) is 10.3.